The highest BCUT2D eigenvalue weighted by atomic mass is 32.2. The Morgan fingerprint density at radius 2 is 2.10 bits per heavy atom. The lowest BCUT2D eigenvalue weighted by molar-refractivity contribution is 0.622. The van der Waals surface area contributed by atoms with Crippen molar-refractivity contribution in [2.45, 2.75) is 13.8 Å². The van der Waals surface area contributed by atoms with Gasteiger partial charge in [0.25, 0.3) is 0 Å². The number of hydrogen-bond acceptors (Lipinski definition) is 3. The van der Waals surface area contributed by atoms with Crippen molar-refractivity contribution in [2.75, 3.05) is 7.05 Å². The minimum absolute atomic E-state index is 0.843. The third-order valence-electron chi connectivity index (χ3n) is 0.831. The first-order chi connectivity index (χ1) is 4.79. The van der Waals surface area contributed by atoms with Crippen molar-refractivity contribution in [3.8, 4) is 0 Å². The van der Waals surface area contributed by atoms with E-state index in [0.717, 1.165) is 5.03 Å². The zero-order chi connectivity index (χ0) is 7.98. The van der Waals surface area contributed by atoms with Gasteiger partial charge in [-0.1, -0.05) is 25.6 Å². The Hall–Kier alpha value is -0.570. The van der Waals surface area contributed by atoms with E-state index in [1.54, 1.807) is 0 Å². The molecule has 0 unspecified atom stereocenters. The maximum Gasteiger partial charge on any atom is 0.0863 e. The van der Waals surface area contributed by atoms with E-state index in [1.807, 2.05) is 43.6 Å². The Balaban J connectivity index is 0.000000371. The van der Waals surface area contributed by atoms with Gasteiger partial charge in [0.2, 0.25) is 0 Å². The van der Waals surface area contributed by atoms with E-state index in [2.05, 4.69) is 0 Å². The van der Waals surface area contributed by atoms with Crippen molar-refractivity contribution in [3.63, 3.8) is 0 Å². The van der Waals surface area contributed by atoms with Gasteiger partial charge in [0.1, 0.15) is 0 Å². The lowest BCUT2D eigenvalue weighted by Crippen LogP contribution is -2.07. The highest BCUT2D eigenvalue weighted by Gasteiger charge is 1.94. The minimum atomic E-state index is 0.843. The third-order valence-corrected chi connectivity index (χ3v) is 1.47. The number of nitrogens with two attached hydrogens (primary N) is 1. The number of hydrogen-bond donors (Lipinski definition) is 1. The summed E-state index contributed by atoms with van der Waals surface area (Å²) < 4.78 is 0. The summed E-state index contributed by atoms with van der Waals surface area (Å²) in [6, 6.07) is 0. The minimum Gasteiger partial charge on any atom is -0.392 e. The zero-order valence-corrected chi connectivity index (χ0v) is 7.48. The van der Waals surface area contributed by atoms with Crippen LogP contribution in [-0.4, -0.2) is 11.9 Å². The molecule has 0 atom stereocenters. The average Bonchev–Trinajstić information content (AvgIpc) is 1.91. The van der Waals surface area contributed by atoms with Crippen LogP contribution in [0.4, 0.5) is 0 Å². The second-order valence-corrected chi connectivity index (χ2v) is 2.58. The molecule has 0 aromatic rings. The van der Waals surface area contributed by atoms with Crippen LogP contribution in [0.2, 0.25) is 0 Å². The molecule has 0 bridgehead atoms. The quantitative estimate of drug-likeness (QED) is 0.584. The predicted octanol–water partition coefficient (Wildman–Crippen LogP) is 1.92. The average molecular weight is 158 g/mol. The van der Waals surface area contributed by atoms with Gasteiger partial charge in [-0.05, 0) is 5.41 Å². The van der Waals surface area contributed by atoms with Gasteiger partial charge in [-0.2, -0.15) is 0 Å². The van der Waals surface area contributed by atoms with Crippen molar-refractivity contribution < 1.29 is 0 Å². The van der Waals surface area contributed by atoms with E-state index in [1.165, 1.54) is 11.8 Å². The van der Waals surface area contributed by atoms with Crippen molar-refractivity contribution in [1.82, 2.24) is 4.90 Å². The molecule has 0 radical (unpaired) electrons. The molecule has 2 N–H and O–H groups in total. The monoisotopic (exact) mass is 158 g/mol. The fourth-order valence-corrected chi connectivity index (χ4v) is 1.12. The molecule has 0 spiro atoms. The molecule has 0 fully saturated rings. The molecule has 1 aliphatic heterocycles. The standard InChI is InChI=1S/C5H8N2S.C2H6/c1-7-2-3-8-5(6)4-7;1-2/h2-4H,6H2,1H3;1-2H3. The van der Waals surface area contributed by atoms with E-state index in [-0.39, 0.29) is 0 Å². The number of thioether (sulfide) groups is 1. The maximum atomic E-state index is 5.46. The van der Waals surface area contributed by atoms with Gasteiger partial charge in [0.05, 0.1) is 5.03 Å². The van der Waals surface area contributed by atoms with E-state index < -0.39 is 0 Å². The SMILES string of the molecule is CC.CN1C=CSC(N)=C1. The van der Waals surface area contributed by atoms with Gasteiger partial charge < -0.3 is 10.6 Å². The lowest BCUT2D eigenvalue weighted by Gasteiger charge is -2.11. The Morgan fingerprint density at radius 3 is 2.40 bits per heavy atom. The first-order valence-electron chi connectivity index (χ1n) is 3.31. The van der Waals surface area contributed by atoms with E-state index in [0.29, 0.717) is 0 Å². The zero-order valence-electron chi connectivity index (χ0n) is 6.66. The second-order valence-electron chi connectivity index (χ2n) is 1.60. The summed E-state index contributed by atoms with van der Waals surface area (Å²) in [6.45, 7) is 4.00. The Bertz CT molecular complexity index is 141. The summed E-state index contributed by atoms with van der Waals surface area (Å²) >= 11 is 1.54. The van der Waals surface area contributed by atoms with Crippen LogP contribution in [0.3, 0.4) is 0 Å². The highest BCUT2D eigenvalue weighted by molar-refractivity contribution is 8.05. The van der Waals surface area contributed by atoms with Crippen LogP contribution < -0.4 is 5.73 Å². The first-order valence-corrected chi connectivity index (χ1v) is 4.19. The molecule has 1 rings (SSSR count). The van der Waals surface area contributed by atoms with Crippen LogP contribution in [0, 0.1) is 0 Å². The molecule has 58 valence electrons. The normalized spacial score (nSPS) is 15.5. The molecule has 0 aliphatic carbocycles. The van der Waals surface area contributed by atoms with E-state index in [4.69, 9.17) is 5.73 Å². The Kier molecular flexibility index (Phi) is 4.94. The molecule has 3 heteroatoms. The van der Waals surface area contributed by atoms with Crippen LogP contribution in [0.1, 0.15) is 13.8 Å². The van der Waals surface area contributed by atoms with Crippen LogP contribution >= 0.6 is 11.8 Å². The van der Waals surface area contributed by atoms with Gasteiger partial charge in [-0.15, -0.1) is 0 Å². The molecule has 0 saturated heterocycles. The smallest absolute Gasteiger partial charge is 0.0863 e. The highest BCUT2D eigenvalue weighted by Crippen LogP contribution is 2.15. The summed E-state index contributed by atoms with van der Waals surface area (Å²) in [7, 11) is 1.95. The van der Waals surface area contributed by atoms with Gasteiger partial charge in [-0.3, -0.25) is 0 Å². The van der Waals surface area contributed by atoms with Crippen LogP contribution in [0.25, 0.3) is 0 Å². The summed E-state index contributed by atoms with van der Waals surface area (Å²) in [4.78, 5) is 1.92. The number of rotatable bonds is 0. The molecule has 10 heavy (non-hydrogen) atoms. The summed E-state index contributed by atoms with van der Waals surface area (Å²) in [5.41, 5.74) is 5.46. The maximum absolute atomic E-state index is 5.46. The van der Waals surface area contributed by atoms with Crippen LogP contribution in [0.15, 0.2) is 22.8 Å². The molecule has 1 aliphatic rings. The van der Waals surface area contributed by atoms with Crippen molar-refractivity contribution in [3.05, 3.63) is 22.8 Å². The van der Waals surface area contributed by atoms with Gasteiger partial charge in [-0.25, -0.2) is 0 Å². The summed E-state index contributed by atoms with van der Waals surface area (Å²) in [6.07, 6.45) is 3.84. The number of nitrogens with zero attached hydrogens (tertiary/aromatic N) is 1. The summed E-state index contributed by atoms with van der Waals surface area (Å²) in [5, 5.41) is 2.80. The molecule has 0 aromatic carbocycles. The second kappa shape index (κ2) is 5.23. The summed E-state index contributed by atoms with van der Waals surface area (Å²) in [5.74, 6) is 0. The molecule has 0 aromatic heterocycles. The fourth-order valence-electron chi connectivity index (χ4n) is 0.479. The molecular formula is C7H14N2S. The fraction of sp³-hybridized carbons (Fsp3) is 0.429. The predicted molar refractivity (Wildman–Crippen MR) is 48.1 cm³/mol. The van der Waals surface area contributed by atoms with E-state index >= 15 is 0 Å². The molecule has 2 nitrogen and oxygen atoms in total. The van der Waals surface area contributed by atoms with Gasteiger partial charge in [0, 0.05) is 19.4 Å². The van der Waals surface area contributed by atoms with Crippen LogP contribution in [-0.2, 0) is 0 Å². The Morgan fingerprint density at radius 1 is 1.50 bits per heavy atom. The van der Waals surface area contributed by atoms with E-state index in [9.17, 15) is 0 Å². The van der Waals surface area contributed by atoms with Crippen molar-refractivity contribution >= 4 is 11.8 Å². The first kappa shape index (κ1) is 9.43. The largest absolute Gasteiger partial charge is 0.392 e. The van der Waals surface area contributed by atoms with Gasteiger partial charge >= 0.3 is 0 Å². The molecular weight excluding hydrogens is 144 g/mol. The molecule has 0 saturated carbocycles. The van der Waals surface area contributed by atoms with Gasteiger partial charge in [0.15, 0.2) is 0 Å². The third kappa shape index (κ3) is 3.45. The molecule has 0 amide bonds. The van der Waals surface area contributed by atoms with Crippen LogP contribution in [0.5, 0.6) is 0 Å². The molecule has 1 heterocycles. The van der Waals surface area contributed by atoms with Crippen molar-refractivity contribution in [2.24, 2.45) is 5.73 Å². The lowest BCUT2D eigenvalue weighted by atomic mass is 10.7. The van der Waals surface area contributed by atoms with Crippen molar-refractivity contribution in [1.29, 1.82) is 0 Å². The topological polar surface area (TPSA) is 29.3 Å². The Labute approximate surface area is 66.8 Å².